The van der Waals surface area contributed by atoms with Crippen molar-refractivity contribution in [1.29, 1.82) is 0 Å². The molecule has 0 aliphatic carbocycles. The van der Waals surface area contributed by atoms with Gasteiger partial charge in [-0.05, 0) is 37.6 Å². The average molecular weight is 380 g/mol. The predicted molar refractivity (Wildman–Crippen MR) is 106 cm³/mol. The van der Waals surface area contributed by atoms with E-state index in [4.69, 9.17) is 0 Å². The lowest BCUT2D eigenvalue weighted by molar-refractivity contribution is -0.134. The lowest BCUT2D eigenvalue weighted by Crippen LogP contribution is -2.53. The third-order valence-corrected chi connectivity index (χ3v) is 5.18. The average Bonchev–Trinajstić information content (AvgIpc) is 3.16. The van der Waals surface area contributed by atoms with Crippen LogP contribution in [0.4, 0.5) is 17.3 Å². The van der Waals surface area contributed by atoms with Gasteiger partial charge in [0.15, 0.2) is 11.6 Å². The van der Waals surface area contributed by atoms with Crippen LogP contribution >= 0.6 is 0 Å². The highest BCUT2D eigenvalue weighted by Gasteiger charge is 2.32. The fraction of sp³-hybridized carbons (Fsp3) is 0.400. The summed E-state index contributed by atoms with van der Waals surface area (Å²) in [6, 6.07) is 11.6. The van der Waals surface area contributed by atoms with E-state index < -0.39 is 0 Å². The second kappa shape index (κ2) is 7.84. The zero-order valence-electron chi connectivity index (χ0n) is 15.9. The summed E-state index contributed by atoms with van der Waals surface area (Å²) in [7, 11) is 0. The van der Waals surface area contributed by atoms with Gasteiger partial charge in [0, 0.05) is 38.3 Å². The van der Waals surface area contributed by atoms with E-state index in [-0.39, 0.29) is 17.9 Å². The largest absolute Gasteiger partial charge is 0.352 e. The summed E-state index contributed by atoms with van der Waals surface area (Å²) in [4.78, 5) is 27.8. The highest BCUT2D eigenvalue weighted by atomic mass is 16.2. The summed E-state index contributed by atoms with van der Waals surface area (Å²) in [5.41, 5.74) is 2.18. The summed E-state index contributed by atoms with van der Waals surface area (Å²) in [6.45, 7) is 4.69. The SMILES string of the molecule is Cc1ccc(Nc2ccc(N3CCN(C(=O)C4CCC(=O)N4)CC3)nn2)cc1. The number of carbonyl (C=O) groups is 2. The first-order valence-electron chi connectivity index (χ1n) is 9.59. The van der Waals surface area contributed by atoms with E-state index in [0.717, 1.165) is 11.5 Å². The van der Waals surface area contributed by atoms with Gasteiger partial charge in [0.2, 0.25) is 11.8 Å². The van der Waals surface area contributed by atoms with Crippen molar-refractivity contribution in [2.75, 3.05) is 36.4 Å². The minimum Gasteiger partial charge on any atom is -0.352 e. The molecule has 2 aliphatic rings. The second-order valence-electron chi connectivity index (χ2n) is 7.24. The zero-order valence-corrected chi connectivity index (χ0v) is 15.9. The third kappa shape index (κ3) is 4.05. The molecule has 0 spiro atoms. The molecule has 1 atom stereocenters. The number of benzene rings is 1. The van der Waals surface area contributed by atoms with Crippen LogP contribution in [0.25, 0.3) is 0 Å². The molecule has 1 unspecified atom stereocenters. The Kier molecular flexibility index (Phi) is 5.10. The number of carbonyl (C=O) groups excluding carboxylic acids is 2. The number of aromatic nitrogens is 2. The van der Waals surface area contributed by atoms with Crippen molar-refractivity contribution < 1.29 is 9.59 Å². The second-order valence-corrected chi connectivity index (χ2v) is 7.24. The van der Waals surface area contributed by atoms with Crippen LogP contribution in [0.5, 0.6) is 0 Å². The first-order chi connectivity index (χ1) is 13.6. The number of aryl methyl sites for hydroxylation is 1. The van der Waals surface area contributed by atoms with Gasteiger partial charge < -0.3 is 20.4 Å². The van der Waals surface area contributed by atoms with Crippen LogP contribution in [0.2, 0.25) is 0 Å². The van der Waals surface area contributed by atoms with Crippen molar-refractivity contribution >= 4 is 29.1 Å². The standard InChI is InChI=1S/C20H24N6O2/c1-14-2-4-15(5-3-14)21-17-7-8-18(24-23-17)25-10-12-26(13-11-25)20(28)16-6-9-19(27)22-16/h2-5,7-8,16H,6,9-13H2,1H3,(H,21,23)(H,22,27). The fourth-order valence-corrected chi connectivity index (χ4v) is 3.52. The molecule has 1 aromatic heterocycles. The summed E-state index contributed by atoms with van der Waals surface area (Å²) < 4.78 is 0. The van der Waals surface area contributed by atoms with Gasteiger partial charge in [-0.25, -0.2) is 0 Å². The molecule has 2 fully saturated rings. The normalized spacial score (nSPS) is 19.5. The highest BCUT2D eigenvalue weighted by molar-refractivity contribution is 5.90. The van der Waals surface area contributed by atoms with Gasteiger partial charge >= 0.3 is 0 Å². The van der Waals surface area contributed by atoms with Crippen LogP contribution in [-0.4, -0.2) is 59.1 Å². The lowest BCUT2D eigenvalue weighted by atomic mass is 10.2. The van der Waals surface area contributed by atoms with Gasteiger partial charge in [-0.1, -0.05) is 17.7 Å². The van der Waals surface area contributed by atoms with Gasteiger partial charge in [-0.2, -0.15) is 0 Å². The molecule has 2 saturated heterocycles. The predicted octanol–water partition coefficient (Wildman–Crippen LogP) is 1.46. The first-order valence-corrected chi connectivity index (χ1v) is 9.59. The van der Waals surface area contributed by atoms with Crippen molar-refractivity contribution in [3.8, 4) is 0 Å². The Balaban J connectivity index is 1.31. The Bertz CT molecular complexity index is 844. The number of piperazine rings is 1. The van der Waals surface area contributed by atoms with Crippen molar-refractivity contribution in [1.82, 2.24) is 20.4 Å². The molecule has 0 saturated carbocycles. The maximum Gasteiger partial charge on any atom is 0.245 e. The minimum absolute atomic E-state index is 0.0224. The van der Waals surface area contributed by atoms with E-state index in [2.05, 4.69) is 32.7 Å². The Morgan fingerprint density at radius 3 is 2.43 bits per heavy atom. The number of hydrogen-bond donors (Lipinski definition) is 2. The van der Waals surface area contributed by atoms with Crippen molar-refractivity contribution in [2.45, 2.75) is 25.8 Å². The van der Waals surface area contributed by atoms with E-state index in [9.17, 15) is 9.59 Å². The van der Waals surface area contributed by atoms with Crippen molar-refractivity contribution in [3.63, 3.8) is 0 Å². The van der Waals surface area contributed by atoms with Crippen molar-refractivity contribution in [2.24, 2.45) is 0 Å². The molecule has 2 amide bonds. The topological polar surface area (TPSA) is 90.5 Å². The number of amides is 2. The summed E-state index contributed by atoms with van der Waals surface area (Å²) >= 11 is 0. The molecule has 2 aliphatic heterocycles. The molecule has 28 heavy (non-hydrogen) atoms. The molecule has 0 bridgehead atoms. The van der Waals surface area contributed by atoms with Crippen LogP contribution in [0.15, 0.2) is 36.4 Å². The summed E-state index contributed by atoms with van der Waals surface area (Å²) in [6.07, 6.45) is 1.04. The molecule has 8 nitrogen and oxygen atoms in total. The van der Waals surface area contributed by atoms with Crippen LogP contribution < -0.4 is 15.5 Å². The minimum atomic E-state index is -0.356. The monoisotopic (exact) mass is 380 g/mol. The van der Waals surface area contributed by atoms with Crippen molar-refractivity contribution in [3.05, 3.63) is 42.0 Å². The van der Waals surface area contributed by atoms with Gasteiger partial charge in [0.1, 0.15) is 6.04 Å². The number of nitrogens with zero attached hydrogens (tertiary/aromatic N) is 4. The number of rotatable bonds is 4. The van der Waals surface area contributed by atoms with E-state index in [1.807, 2.05) is 41.3 Å². The molecule has 0 radical (unpaired) electrons. The Morgan fingerprint density at radius 2 is 1.82 bits per heavy atom. The summed E-state index contributed by atoms with van der Waals surface area (Å²) in [5.74, 6) is 1.48. The molecule has 2 N–H and O–H groups in total. The van der Waals surface area contributed by atoms with Gasteiger partial charge in [0.05, 0.1) is 0 Å². The lowest BCUT2D eigenvalue weighted by Gasteiger charge is -2.36. The molecule has 146 valence electrons. The molecular formula is C20H24N6O2. The van der Waals surface area contributed by atoms with E-state index in [1.165, 1.54) is 5.56 Å². The van der Waals surface area contributed by atoms with Crippen LogP contribution in [0.3, 0.4) is 0 Å². The fourth-order valence-electron chi connectivity index (χ4n) is 3.52. The molecular weight excluding hydrogens is 356 g/mol. The van der Waals surface area contributed by atoms with E-state index in [0.29, 0.717) is 44.8 Å². The number of nitrogens with one attached hydrogen (secondary N) is 2. The zero-order chi connectivity index (χ0) is 19.5. The molecule has 8 heteroatoms. The molecule has 4 rings (SSSR count). The van der Waals surface area contributed by atoms with Gasteiger partial charge in [-0.3, -0.25) is 9.59 Å². The number of anilines is 3. The summed E-state index contributed by atoms with van der Waals surface area (Å²) in [5, 5.41) is 14.6. The van der Waals surface area contributed by atoms with E-state index >= 15 is 0 Å². The third-order valence-electron chi connectivity index (χ3n) is 5.18. The highest BCUT2D eigenvalue weighted by Crippen LogP contribution is 2.19. The first kappa shape index (κ1) is 18.2. The Hall–Kier alpha value is -3.16. The molecule has 3 heterocycles. The quantitative estimate of drug-likeness (QED) is 0.835. The van der Waals surface area contributed by atoms with Crippen LogP contribution in [0, 0.1) is 6.92 Å². The maximum absolute atomic E-state index is 12.5. The Morgan fingerprint density at radius 1 is 1.07 bits per heavy atom. The van der Waals surface area contributed by atoms with Gasteiger partial charge in [-0.15, -0.1) is 10.2 Å². The van der Waals surface area contributed by atoms with E-state index in [1.54, 1.807) is 0 Å². The van der Waals surface area contributed by atoms with Gasteiger partial charge in [0.25, 0.3) is 0 Å². The maximum atomic E-state index is 12.5. The Labute approximate surface area is 163 Å². The molecule has 2 aromatic rings. The number of hydrogen-bond acceptors (Lipinski definition) is 6. The molecule has 1 aromatic carbocycles. The van der Waals surface area contributed by atoms with Crippen LogP contribution in [-0.2, 0) is 9.59 Å². The smallest absolute Gasteiger partial charge is 0.245 e. The van der Waals surface area contributed by atoms with Crippen LogP contribution in [0.1, 0.15) is 18.4 Å².